The number of benzene rings is 7. The average Bonchev–Trinajstić information content (AvgIpc) is 3.97. The van der Waals surface area contributed by atoms with Gasteiger partial charge in [-0.1, -0.05) is 138 Å². The molecular weight excluding hydrogens is 737 g/mol. The molecule has 0 fully saturated rings. The maximum Gasteiger partial charge on any atom is 0.248 e. The Hall–Kier alpha value is -7.54. The number of aromatic nitrogens is 4. The molecule has 9 rings (SSSR count). The quantitative estimate of drug-likeness (QED) is 0.131. The second-order valence-corrected chi connectivity index (χ2v) is 17.0. The van der Waals surface area contributed by atoms with Crippen molar-refractivity contribution < 1.29 is 8.83 Å². The predicted molar refractivity (Wildman–Crippen MR) is 241 cm³/mol. The van der Waals surface area contributed by atoms with Gasteiger partial charge >= 0.3 is 0 Å². The van der Waals surface area contributed by atoms with Gasteiger partial charge in [0.2, 0.25) is 23.6 Å². The second kappa shape index (κ2) is 15.3. The van der Waals surface area contributed by atoms with Crippen molar-refractivity contribution in [2.24, 2.45) is 0 Å². The molecule has 290 valence electrons. The summed E-state index contributed by atoms with van der Waals surface area (Å²) in [5.41, 5.74) is 9.78. The molecule has 0 saturated carbocycles. The van der Waals surface area contributed by atoms with Gasteiger partial charge in [0, 0.05) is 44.5 Å². The van der Waals surface area contributed by atoms with Crippen LogP contribution in [0.25, 0.3) is 67.4 Å². The summed E-state index contributed by atoms with van der Waals surface area (Å²) in [6.45, 7) is 13.2. The minimum atomic E-state index is 0.0719. The topological polar surface area (TPSA) is 77.8 Å². The normalized spacial score (nSPS) is 11.6. The van der Waals surface area contributed by atoms with Crippen LogP contribution in [-0.4, -0.2) is 20.4 Å². The third-order valence-corrected chi connectivity index (χ3v) is 10.7. The van der Waals surface area contributed by atoms with E-state index in [1.54, 1.807) is 0 Å². The van der Waals surface area contributed by atoms with Crippen molar-refractivity contribution in [1.82, 2.24) is 20.4 Å². The summed E-state index contributed by atoms with van der Waals surface area (Å²) in [5, 5.41) is 21.5. The molecule has 0 spiro atoms. The first kappa shape index (κ1) is 38.0. The van der Waals surface area contributed by atoms with Crippen molar-refractivity contribution >= 4 is 21.5 Å². The van der Waals surface area contributed by atoms with E-state index in [9.17, 15) is 0 Å². The molecule has 0 aliphatic carbocycles. The van der Waals surface area contributed by atoms with Gasteiger partial charge in [0.05, 0.1) is 0 Å². The summed E-state index contributed by atoms with van der Waals surface area (Å²) < 4.78 is 12.2. The number of hydrogen-bond acceptors (Lipinski definition) is 6. The molecule has 0 bridgehead atoms. The Morgan fingerprint density at radius 1 is 0.333 bits per heavy atom. The van der Waals surface area contributed by atoms with Crippen LogP contribution in [0.4, 0.5) is 0 Å². The molecule has 6 heteroatoms. The molecule has 0 N–H and O–H groups in total. The van der Waals surface area contributed by atoms with E-state index in [0.29, 0.717) is 23.6 Å². The van der Waals surface area contributed by atoms with Crippen molar-refractivity contribution in [3.63, 3.8) is 0 Å². The van der Waals surface area contributed by atoms with Crippen molar-refractivity contribution in [2.75, 3.05) is 0 Å². The Balaban J connectivity index is 0.964. The summed E-state index contributed by atoms with van der Waals surface area (Å²) in [6.07, 6.45) is 0. The summed E-state index contributed by atoms with van der Waals surface area (Å²) >= 11 is 0. The molecular formula is C54H42N4O2. The van der Waals surface area contributed by atoms with Gasteiger partial charge in [-0.2, -0.15) is 0 Å². The van der Waals surface area contributed by atoms with E-state index in [0.717, 1.165) is 66.1 Å². The second-order valence-electron chi connectivity index (χ2n) is 17.0. The molecule has 0 saturated heterocycles. The molecule has 0 amide bonds. The summed E-state index contributed by atoms with van der Waals surface area (Å²) in [4.78, 5) is 0. The lowest BCUT2D eigenvalue weighted by molar-refractivity contribution is 0.582. The fourth-order valence-corrected chi connectivity index (χ4v) is 7.20. The zero-order valence-electron chi connectivity index (χ0n) is 34.5. The van der Waals surface area contributed by atoms with Crippen LogP contribution >= 0.6 is 0 Å². The van der Waals surface area contributed by atoms with E-state index in [1.807, 2.05) is 72.8 Å². The first-order chi connectivity index (χ1) is 29.0. The third-order valence-electron chi connectivity index (χ3n) is 10.7. The van der Waals surface area contributed by atoms with E-state index >= 15 is 0 Å². The Kier molecular flexibility index (Phi) is 9.71. The molecule has 7 aromatic carbocycles. The Morgan fingerprint density at radius 2 is 0.600 bits per heavy atom. The van der Waals surface area contributed by atoms with E-state index < -0.39 is 0 Å². The zero-order valence-corrected chi connectivity index (χ0v) is 34.5. The van der Waals surface area contributed by atoms with Gasteiger partial charge in [-0.15, -0.1) is 20.4 Å². The fraction of sp³-hybridized carbons (Fsp3) is 0.148. The standard InChI is InChI=1S/C54H42N4O2/c1-53(2,3)41-29-25-39(26-30-41)51-57-55-49(59-51)37-21-15-35(16-22-37)19-33-47-43-11-7-9-13-45(43)48(46-14-10-8-12-44(46)47)34-20-36-17-23-38(24-18-36)50-56-58-52(60-50)40-27-31-42(32-28-40)54(4,5)6/h7-18,21-32H,1-6H3. The molecule has 0 radical (unpaired) electrons. The number of fused-ring (bicyclic) bond motifs is 2. The number of nitrogens with zero attached hydrogens (tertiary/aromatic N) is 4. The van der Waals surface area contributed by atoms with Gasteiger partial charge < -0.3 is 8.83 Å². The van der Waals surface area contributed by atoms with Crippen LogP contribution in [0.2, 0.25) is 0 Å². The lowest BCUT2D eigenvalue weighted by Crippen LogP contribution is -2.10. The average molecular weight is 779 g/mol. The maximum atomic E-state index is 6.08. The first-order valence-corrected chi connectivity index (χ1v) is 20.1. The van der Waals surface area contributed by atoms with E-state index in [4.69, 9.17) is 8.83 Å². The van der Waals surface area contributed by atoms with Gasteiger partial charge in [-0.3, -0.25) is 0 Å². The Bertz CT molecular complexity index is 2860. The molecule has 2 heterocycles. The third kappa shape index (κ3) is 7.72. The Morgan fingerprint density at radius 3 is 0.867 bits per heavy atom. The SMILES string of the molecule is CC(C)(C)c1ccc(-c2nnc(-c3ccc(C#Cc4c5ccccc5c(C#Cc5ccc(-c6nnc(-c7ccc(C(C)(C)C)cc7)o6)cc5)c5ccccc45)cc3)o2)cc1. The number of hydrogen-bond donors (Lipinski definition) is 0. The number of rotatable bonds is 4. The van der Waals surface area contributed by atoms with Gasteiger partial charge in [-0.05, 0) is 116 Å². The minimum Gasteiger partial charge on any atom is -0.416 e. The molecule has 0 unspecified atom stereocenters. The van der Waals surface area contributed by atoms with Crippen LogP contribution in [0.3, 0.4) is 0 Å². The lowest BCUT2D eigenvalue weighted by Gasteiger charge is -2.18. The maximum absolute atomic E-state index is 6.08. The van der Waals surface area contributed by atoms with E-state index in [1.165, 1.54) is 11.1 Å². The predicted octanol–water partition coefficient (Wildman–Crippen LogP) is 12.8. The van der Waals surface area contributed by atoms with Crippen LogP contribution in [-0.2, 0) is 10.8 Å². The highest BCUT2D eigenvalue weighted by atomic mass is 16.4. The van der Waals surface area contributed by atoms with Crippen LogP contribution in [0.15, 0.2) is 154 Å². The molecule has 9 aromatic rings. The minimum absolute atomic E-state index is 0.0719. The monoisotopic (exact) mass is 778 g/mol. The van der Waals surface area contributed by atoms with E-state index in [2.05, 4.69) is 158 Å². The highest BCUT2D eigenvalue weighted by Gasteiger charge is 2.17. The molecule has 6 nitrogen and oxygen atoms in total. The highest BCUT2D eigenvalue weighted by molar-refractivity contribution is 6.09. The highest BCUT2D eigenvalue weighted by Crippen LogP contribution is 2.33. The molecule has 0 aliphatic heterocycles. The molecule has 60 heavy (non-hydrogen) atoms. The van der Waals surface area contributed by atoms with Crippen molar-refractivity contribution in [3.8, 4) is 69.5 Å². The van der Waals surface area contributed by atoms with Crippen molar-refractivity contribution in [1.29, 1.82) is 0 Å². The van der Waals surface area contributed by atoms with Crippen LogP contribution < -0.4 is 0 Å². The lowest BCUT2D eigenvalue weighted by atomic mass is 9.87. The van der Waals surface area contributed by atoms with Gasteiger partial charge in [-0.25, -0.2) is 0 Å². The van der Waals surface area contributed by atoms with Gasteiger partial charge in [0.25, 0.3) is 0 Å². The zero-order chi connectivity index (χ0) is 41.4. The summed E-state index contributed by atoms with van der Waals surface area (Å²) in [6, 6.07) is 49.1. The van der Waals surface area contributed by atoms with Gasteiger partial charge in [0.1, 0.15) is 0 Å². The van der Waals surface area contributed by atoms with Gasteiger partial charge in [0.15, 0.2) is 0 Å². The van der Waals surface area contributed by atoms with Crippen molar-refractivity contribution in [2.45, 2.75) is 52.4 Å². The molecule has 2 aromatic heterocycles. The summed E-state index contributed by atoms with van der Waals surface area (Å²) in [5.74, 6) is 15.8. The summed E-state index contributed by atoms with van der Waals surface area (Å²) in [7, 11) is 0. The Labute approximate surface area is 350 Å². The fourth-order valence-electron chi connectivity index (χ4n) is 7.20. The van der Waals surface area contributed by atoms with Crippen molar-refractivity contribution in [3.05, 3.63) is 179 Å². The van der Waals surface area contributed by atoms with Crippen LogP contribution in [0.1, 0.15) is 74.9 Å². The molecule has 0 atom stereocenters. The molecule has 0 aliphatic rings. The smallest absolute Gasteiger partial charge is 0.248 e. The van der Waals surface area contributed by atoms with Crippen LogP contribution in [0, 0.1) is 23.7 Å². The van der Waals surface area contributed by atoms with Crippen LogP contribution in [0.5, 0.6) is 0 Å². The first-order valence-electron chi connectivity index (χ1n) is 20.1. The van der Waals surface area contributed by atoms with E-state index in [-0.39, 0.29) is 10.8 Å². The largest absolute Gasteiger partial charge is 0.416 e.